The summed E-state index contributed by atoms with van der Waals surface area (Å²) in [6, 6.07) is 0. The van der Waals surface area contributed by atoms with Gasteiger partial charge in [-0.05, 0) is 0 Å². The van der Waals surface area contributed by atoms with Crippen LogP contribution in [-0.2, 0) is 9.63 Å². The van der Waals surface area contributed by atoms with Gasteiger partial charge in [-0.15, -0.1) is 5.16 Å². The molecule has 7 heavy (non-hydrogen) atoms. The lowest BCUT2D eigenvalue weighted by Gasteiger charge is -1.88. The van der Waals surface area contributed by atoms with Crippen molar-refractivity contribution in [2.24, 2.45) is 5.16 Å². The average molecular weight is 96.9 g/mol. The summed E-state index contributed by atoms with van der Waals surface area (Å²) in [6.45, 7) is 2.76. The van der Waals surface area contributed by atoms with Crippen molar-refractivity contribution >= 4 is 20.2 Å². The minimum Gasteiger partial charge on any atom is -0.389 e. The Balaban J connectivity index is 2.97. The second-order valence-corrected chi connectivity index (χ2v) is 0.869. The maximum absolute atomic E-state index is 9.77. The molecule has 0 spiro atoms. The van der Waals surface area contributed by atoms with E-state index in [1.807, 2.05) is 0 Å². The zero-order chi connectivity index (χ0) is 5.70. The normalized spacial score (nSPS) is 7.43. The lowest BCUT2D eigenvalue weighted by atomic mass is 10.1. The second kappa shape index (κ2) is 3.40. The number of nitrogens with zero attached hydrogens (tertiary/aromatic N) is 1. The van der Waals surface area contributed by atoms with E-state index in [0.717, 1.165) is 0 Å². The number of carbonyl (C=O) groups is 1. The lowest BCUT2D eigenvalue weighted by Crippen LogP contribution is -2.03. The smallest absolute Gasteiger partial charge is 0.173 e. The summed E-state index contributed by atoms with van der Waals surface area (Å²) in [4.78, 5) is 13.9. The molecule has 36 valence electrons. The van der Waals surface area contributed by atoms with Crippen molar-refractivity contribution in [1.29, 1.82) is 0 Å². The molecular formula is C3H4BNO2. The van der Waals surface area contributed by atoms with Gasteiger partial charge in [-0.1, -0.05) is 0 Å². The van der Waals surface area contributed by atoms with Crippen LogP contribution in [0.5, 0.6) is 0 Å². The van der Waals surface area contributed by atoms with Crippen LogP contribution in [0.2, 0.25) is 0 Å². The number of hydrogen-bond acceptors (Lipinski definition) is 3. The van der Waals surface area contributed by atoms with E-state index >= 15 is 0 Å². The third-order valence-corrected chi connectivity index (χ3v) is 0.298. The van der Waals surface area contributed by atoms with E-state index in [1.54, 1.807) is 0 Å². The molecular weight excluding hydrogens is 92.8 g/mol. The summed E-state index contributed by atoms with van der Waals surface area (Å²) in [5.41, 5.74) is -0.549. The topological polar surface area (TPSA) is 38.7 Å². The monoisotopic (exact) mass is 97.0 g/mol. The molecule has 0 aromatic carbocycles. The third kappa shape index (κ3) is 5.20. The molecule has 0 N–H and O–H groups in total. The maximum Gasteiger partial charge on any atom is 0.173 e. The first-order valence-corrected chi connectivity index (χ1v) is 1.63. The largest absolute Gasteiger partial charge is 0.389 e. The van der Waals surface area contributed by atoms with Crippen molar-refractivity contribution in [1.82, 2.24) is 0 Å². The minimum atomic E-state index is -0.549. The quantitative estimate of drug-likeness (QED) is 0.265. The van der Waals surface area contributed by atoms with Gasteiger partial charge < -0.3 is 9.63 Å². The molecule has 0 aliphatic heterocycles. The predicted octanol–water partition coefficient (Wildman–Crippen LogP) is -0.686. The highest BCUT2D eigenvalue weighted by molar-refractivity contribution is 6.58. The van der Waals surface area contributed by atoms with Gasteiger partial charge in [0.2, 0.25) is 0 Å². The molecule has 0 aliphatic carbocycles. The minimum absolute atomic E-state index is 0.191. The van der Waals surface area contributed by atoms with E-state index in [2.05, 4.69) is 24.6 Å². The van der Waals surface area contributed by atoms with E-state index < -0.39 is 5.68 Å². The van der Waals surface area contributed by atoms with Crippen LogP contribution in [0, 0.1) is 0 Å². The van der Waals surface area contributed by atoms with Gasteiger partial charge in [0.15, 0.2) is 14.5 Å². The summed E-state index contributed by atoms with van der Waals surface area (Å²) in [6.07, 6.45) is 0. The van der Waals surface area contributed by atoms with Crippen LogP contribution in [0.4, 0.5) is 0 Å². The molecule has 0 amide bonds. The maximum atomic E-state index is 9.77. The summed E-state index contributed by atoms with van der Waals surface area (Å²) in [7, 11) is 4.63. The van der Waals surface area contributed by atoms with Gasteiger partial charge in [-0.2, -0.15) is 0 Å². The lowest BCUT2D eigenvalue weighted by molar-refractivity contribution is -0.115. The highest BCUT2D eigenvalue weighted by atomic mass is 16.6. The van der Waals surface area contributed by atoms with Crippen LogP contribution in [0.1, 0.15) is 0 Å². The summed E-state index contributed by atoms with van der Waals surface area (Å²) in [5, 5.41) is 2.92. The molecule has 0 aromatic rings. The molecule has 0 atom stereocenters. The fourth-order valence-electron chi connectivity index (χ4n) is 0.109. The van der Waals surface area contributed by atoms with Crippen LogP contribution in [0.15, 0.2) is 5.16 Å². The molecule has 2 radical (unpaired) electrons. The SMILES string of the molecule is [B]C(=O)CON=C. The molecule has 0 fully saturated rings. The molecule has 3 nitrogen and oxygen atoms in total. The zero-order valence-corrected chi connectivity index (χ0v) is 3.76. The highest BCUT2D eigenvalue weighted by Gasteiger charge is 1.86. The van der Waals surface area contributed by atoms with E-state index in [-0.39, 0.29) is 6.61 Å². The second-order valence-electron chi connectivity index (χ2n) is 0.869. The van der Waals surface area contributed by atoms with Crippen molar-refractivity contribution in [3.05, 3.63) is 0 Å². The summed E-state index contributed by atoms with van der Waals surface area (Å²) < 4.78 is 0. The Hall–Kier alpha value is -0.795. The number of carbonyl (C=O) groups excluding carboxylic acids is 1. The fraction of sp³-hybridized carbons (Fsp3) is 0.333. The number of hydrogen-bond donors (Lipinski definition) is 0. The van der Waals surface area contributed by atoms with Crippen molar-refractivity contribution in [3.8, 4) is 0 Å². The van der Waals surface area contributed by atoms with E-state index in [1.165, 1.54) is 0 Å². The van der Waals surface area contributed by atoms with Crippen molar-refractivity contribution in [2.75, 3.05) is 6.61 Å². The molecule has 0 saturated heterocycles. The Labute approximate surface area is 42.7 Å². The van der Waals surface area contributed by atoms with Gasteiger partial charge >= 0.3 is 0 Å². The number of oxime groups is 1. The van der Waals surface area contributed by atoms with Gasteiger partial charge in [0, 0.05) is 6.72 Å². The Kier molecular flexibility index (Phi) is 3.01. The first-order valence-electron chi connectivity index (χ1n) is 1.63. The van der Waals surface area contributed by atoms with Crippen LogP contribution < -0.4 is 0 Å². The van der Waals surface area contributed by atoms with Gasteiger partial charge in [-0.25, -0.2) is 0 Å². The van der Waals surface area contributed by atoms with Crippen molar-refractivity contribution in [2.45, 2.75) is 0 Å². The molecule has 0 bridgehead atoms. The van der Waals surface area contributed by atoms with E-state index in [4.69, 9.17) is 0 Å². The molecule has 0 saturated carbocycles. The Morgan fingerprint density at radius 1 is 2.00 bits per heavy atom. The standard InChI is InChI=1S/C3H4BNO2/c1-5-7-2-3(4)6/h1-2H2. The average Bonchev–Trinajstić information content (AvgIpc) is 1.61. The zero-order valence-electron chi connectivity index (χ0n) is 3.76. The van der Waals surface area contributed by atoms with Crippen LogP contribution in [-0.4, -0.2) is 26.9 Å². The fourth-order valence-corrected chi connectivity index (χ4v) is 0.109. The Morgan fingerprint density at radius 2 is 2.57 bits per heavy atom. The van der Waals surface area contributed by atoms with Crippen LogP contribution >= 0.6 is 0 Å². The molecule has 4 heteroatoms. The Morgan fingerprint density at radius 3 is 2.71 bits per heavy atom. The molecule has 0 aliphatic rings. The van der Waals surface area contributed by atoms with E-state index in [0.29, 0.717) is 0 Å². The predicted molar refractivity (Wildman–Crippen MR) is 26.3 cm³/mol. The Bertz CT molecular complexity index is 83.0. The van der Waals surface area contributed by atoms with Crippen LogP contribution in [0.25, 0.3) is 0 Å². The van der Waals surface area contributed by atoms with Gasteiger partial charge in [0.25, 0.3) is 0 Å². The van der Waals surface area contributed by atoms with Gasteiger partial charge in [0.05, 0.1) is 0 Å². The summed E-state index contributed by atoms with van der Waals surface area (Å²) >= 11 is 0. The first kappa shape index (κ1) is 6.20. The molecule has 0 aromatic heterocycles. The van der Waals surface area contributed by atoms with Gasteiger partial charge in [0.1, 0.15) is 5.68 Å². The van der Waals surface area contributed by atoms with Crippen molar-refractivity contribution in [3.63, 3.8) is 0 Å². The summed E-state index contributed by atoms with van der Waals surface area (Å²) in [5.74, 6) is 0. The molecule has 0 heterocycles. The highest BCUT2D eigenvalue weighted by Crippen LogP contribution is 1.69. The van der Waals surface area contributed by atoms with Crippen LogP contribution in [0.3, 0.4) is 0 Å². The first-order chi connectivity index (χ1) is 3.27. The van der Waals surface area contributed by atoms with Crippen molar-refractivity contribution < 1.29 is 9.63 Å². The third-order valence-electron chi connectivity index (χ3n) is 0.298. The number of rotatable bonds is 3. The molecule has 0 rings (SSSR count). The molecule has 0 unspecified atom stereocenters. The van der Waals surface area contributed by atoms with Gasteiger partial charge in [-0.3, -0.25) is 0 Å². The van der Waals surface area contributed by atoms with E-state index in [9.17, 15) is 4.79 Å².